The first-order valence-corrected chi connectivity index (χ1v) is 10.3. The second-order valence-corrected chi connectivity index (χ2v) is 8.70. The zero-order valence-corrected chi connectivity index (χ0v) is 18.5. The minimum absolute atomic E-state index is 0.0539. The summed E-state index contributed by atoms with van der Waals surface area (Å²) in [5.41, 5.74) is -1.55. The molecule has 1 N–H and O–H groups in total. The fourth-order valence-corrected chi connectivity index (χ4v) is 3.64. The smallest absolute Gasteiger partial charge is 0.462 e. The highest BCUT2D eigenvalue weighted by molar-refractivity contribution is 5.93. The number of carbonyl (C=O) groups excluding carboxylic acids is 2. The maximum absolute atomic E-state index is 15.0. The predicted molar refractivity (Wildman–Crippen MR) is 112 cm³/mol. The molecule has 0 spiro atoms. The van der Waals surface area contributed by atoms with Crippen LogP contribution < -0.4 is 15.6 Å². The second-order valence-electron chi connectivity index (χ2n) is 8.70. The first-order valence-electron chi connectivity index (χ1n) is 10.3. The van der Waals surface area contributed by atoms with E-state index in [1.165, 1.54) is 11.1 Å². The summed E-state index contributed by atoms with van der Waals surface area (Å²) in [6.07, 6.45) is -3.54. The predicted octanol–water partition coefficient (Wildman–Crippen LogP) is 2.72. The molecule has 1 saturated heterocycles. The summed E-state index contributed by atoms with van der Waals surface area (Å²) in [7, 11) is 0. The summed E-state index contributed by atoms with van der Waals surface area (Å²) >= 11 is 0. The molecule has 33 heavy (non-hydrogen) atoms. The zero-order valence-electron chi connectivity index (χ0n) is 18.5. The summed E-state index contributed by atoms with van der Waals surface area (Å²) in [4.78, 5) is 42.1. The van der Waals surface area contributed by atoms with Gasteiger partial charge in [0, 0.05) is 30.9 Å². The van der Waals surface area contributed by atoms with Gasteiger partial charge in [0.1, 0.15) is 11.2 Å². The summed E-state index contributed by atoms with van der Waals surface area (Å²) in [6.45, 7) is 7.11. The van der Waals surface area contributed by atoms with E-state index in [0.717, 1.165) is 6.07 Å². The number of pyridine rings is 2. The van der Waals surface area contributed by atoms with Crippen molar-refractivity contribution in [3.63, 3.8) is 0 Å². The van der Waals surface area contributed by atoms with Crippen molar-refractivity contribution in [3.05, 3.63) is 33.9 Å². The molecule has 1 aliphatic rings. The fourth-order valence-electron chi connectivity index (χ4n) is 3.64. The molecule has 3 heterocycles. The molecule has 12 heteroatoms. The van der Waals surface area contributed by atoms with Crippen LogP contribution in [0.25, 0.3) is 11.0 Å². The van der Waals surface area contributed by atoms with E-state index in [1.54, 1.807) is 32.3 Å². The normalized spacial score (nSPS) is 16.8. The Morgan fingerprint density at radius 1 is 1.27 bits per heavy atom. The Morgan fingerprint density at radius 3 is 2.52 bits per heavy atom. The molecule has 1 aliphatic heterocycles. The Hall–Kier alpha value is -3.18. The van der Waals surface area contributed by atoms with E-state index < -0.39 is 40.9 Å². The minimum atomic E-state index is -5.01. The lowest BCUT2D eigenvalue weighted by atomic mass is 10.1. The van der Waals surface area contributed by atoms with Crippen LogP contribution in [0.5, 0.6) is 0 Å². The third-order valence-electron chi connectivity index (χ3n) is 5.21. The number of nitrogens with one attached hydrogen (secondary N) is 1. The van der Waals surface area contributed by atoms with Gasteiger partial charge in [0.05, 0.1) is 12.0 Å². The molecule has 8 nitrogen and oxygen atoms in total. The number of halogens is 4. The van der Waals surface area contributed by atoms with Crippen LogP contribution in [-0.2, 0) is 15.1 Å². The highest BCUT2D eigenvalue weighted by Crippen LogP contribution is 2.28. The number of aromatic nitrogens is 2. The average Bonchev–Trinajstić information content (AvgIpc) is 3.15. The SMILES string of the molecule is CCOC(=O)c1cn(C(C)(C)C)c2nc(N3CCC(NC(=O)C(F)(F)F)C3)c(F)cc2c1=O. The van der Waals surface area contributed by atoms with Gasteiger partial charge >= 0.3 is 18.1 Å². The highest BCUT2D eigenvalue weighted by Gasteiger charge is 2.41. The van der Waals surface area contributed by atoms with Gasteiger partial charge in [0.2, 0.25) is 5.43 Å². The molecule has 1 atom stereocenters. The van der Waals surface area contributed by atoms with E-state index in [4.69, 9.17) is 4.74 Å². The lowest BCUT2D eigenvalue weighted by molar-refractivity contribution is -0.174. The number of nitrogens with zero attached hydrogens (tertiary/aromatic N) is 3. The van der Waals surface area contributed by atoms with Crippen molar-refractivity contribution in [1.29, 1.82) is 0 Å². The Labute approximate surface area is 186 Å². The molecule has 1 amide bonds. The summed E-state index contributed by atoms with van der Waals surface area (Å²) in [5, 5.41) is 1.76. The standard InChI is InChI=1S/C21H24F4N4O4/c1-5-33-18(31)13-10-29(20(2,3)4)16-12(15(13)30)8-14(22)17(27-16)28-7-6-11(9-28)26-19(32)21(23,24)25/h8,10-11H,5-7,9H2,1-4H3,(H,26,32). The monoisotopic (exact) mass is 472 g/mol. The van der Waals surface area contributed by atoms with E-state index >= 15 is 4.39 Å². The van der Waals surface area contributed by atoms with Crippen molar-refractivity contribution in [3.8, 4) is 0 Å². The van der Waals surface area contributed by atoms with Gasteiger partial charge < -0.3 is 19.5 Å². The molecule has 1 unspecified atom stereocenters. The van der Waals surface area contributed by atoms with Crippen molar-refractivity contribution in [2.24, 2.45) is 0 Å². The van der Waals surface area contributed by atoms with Gasteiger partial charge in [-0.3, -0.25) is 9.59 Å². The van der Waals surface area contributed by atoms with Crippen LogP contribution in [-0.4, -0.2) is 53.3 Å². The Morgan fingerprint density at radius 2 is 1.94 bits per heavy atom. The molecule has 0 aliphatic carbocycles. The van der Waals surface area contributed by atoms with Crippen LogP contribution in [0.3, 0.4) is 0 Å². The number of hydrogen-bond acceptors (Lipinski definition) is 6. The van der Waals surface area contributed by atoms with Crippen LogP contribution in [0.15, 0.2) is 17.1 Å². The van der Waals surface area contributed by atoms with Gasteiger partial charge in [0.15, 0.2) is 11.6 Å². The van der Waals surface area contributed by atoms with Gasteiger partial charge in [-0.2, -0.15) is 13.2 Å². The fraction of sp³-hybridized carbons (Fsp3) is 0.524. The van der Waals surface area contributed by atoms with E-state index in [-0.39, 0.29) is 48.5 Å². The summed E-state index contributed by atoms with van der Waals surface area (Å²) in [6, 6.07) is 0.124. The van der Waals surface area contributed by atoms with Gasteiger partial charge in [-0.15, -0.1) is 0 Å². The first kappa shape index (κ1) is 24.5. The Balaban J connectivity index is 2.05. The third kappa shape index (κ3) is 4.93. The number of ether oxygens (including phenoxy) is 1. The Kier molecular flexibility index (Phi) is 6.40. The topological polar surface area (TPSA) is 93.5 Å². The molecule has 1 fully saturated rings. The van der Waals surface area contributed by atoms with Gasteiger partial charge in [-0.25, -0.2) is 14.2 Å². The molecular formula is C21H24F4N4O4. The van der Waals surface area contributed by atoms with Crippen molar-refractivity contribution in [2.45, 2.75) is 51.9 Å². The third-order valence-corrected chi connectivity index (χ3v) is 5.21. The minimum Gasteiger partial charge on any atom is -0.462 e. The van der Waals surface area contributed by atoms with E-state index in [1.807, 2.05) is 5.32 Å². The number of hydrogen-bond donors (Lipinski definition) is 1. The molecule has 0 bridgehead atoms. The van der Waals surface area contributed by atoms with Crippen molar-refractivity contribution >= 4 is 28.7 Å². The number of alkyl halides is 3. The zero-order chi connectivity index (χ0) is 24.7. The van der Waals surface area contributed by atoms with Crippen LogP contribution in [0.2, 0.25) is 0 Å². The van der Waals surface area contributed by atoms with Crippen molar-refractivity contribution in [2.75, 3.05) is 24.6 Å². The van der Waals surface area contributed by atoms with Crippen molar-refractivity contribution in [1.82, 2.24) is 14.9 Å². The van der Waals surface area contributed by atoms with Gasteiger partial charge in [-0.05, 0) is 40.2 Å². The number of esters is 1. The van der Waals surface area contributed by atoms with Gasteiger partial charge in [-0.1, -0.05) is 0 Å². The number of anilines is 1. The lowest BCUT2D eigenvalue weighted by Gasteiger charge is -2.27. The Bertz CT molecular complexity index is 1150. The average molecular weight is 472 g/mol. The molecule has 0 saturated carbocycles. The molecule has 180 valence electrons. The maximum atomic E-state index is 15.0. The van der Waals surface area contributed by atoms with Crippen molar-refractivity contribution < 1.29 is 31.9 Å². The number of carbonyl (C=O) groups is 2. The van der Waals surface area contributed by atoms with Crippen LogP contribution in [0.1, 0.15) is 44.5 Å². The molecule has 0 radical (unpaired) electrons. The highest BCUT2D eigenvalue weighted by atomic mass is 19.4. The molecule has 2 aromatic rings. The maximum Gasteiger partial charge on any atom is 0.471 e. The summed E-state index contributed by atoms with van der Waals surface area (Å²) in [5.74, 6) is -3.93. The van der Waals surface area contributed by atoms with E-state index in [9.17, 15) is 27.6 Å². The van der Waals surface area contributed by atoms with Gasteiger partial charge in [0.25, 0.3) is 0 Å². The first-order chi connectivity index (χ1) is 15.2. The largest absolute Gasteiger partial charge is 0.471 e. The number of fused-ring (bicyclic) bond motifs is 1. The van der Waals surface area contributed by atoms with E-state index in [2.05, 4.69) is 4.98 Å². The lowest BCUT2D eigenvalue weighted by Crippen LogP contribution is -2.44. The molecular weight excluding hydrogens is 448 g/mol. The molecule has 2 aromatic heterocycles. The molecule has 3 rings (SSSR count). The summed E-state index contributed by atoms with van der Waals surface area (Å²) < 4.78 is 59.1. The second kappa shape index (κ2) is 8.64. The molecule has 0 aromatic carbocycles. The quantitative estimate of drug-likeness (QED) is 0.544. The van der Waals surface area contributed by atoms with Crippen LogP contribution >= 0.6 is 0 Å². The van der Waals surface area contributed by atoms with E-state index in [0.29, 0.717) is 0 Å². The van der Waals surface area contributed by atoms with Crippen LogP contribution in [0, 0.1) is 5.82 Å². The van der Waals surface area contributed by atoms with Crippen LogP contribution in [0.4, 0.5) is 23.4 Å². The number of amides is 1. The number of rotatable bonds is 4.